The van der Waals surface area contributed by atoms with Crippen molar-refractivity contribution in [3.05, 3.63) is 59.7 Å². The minimum Gasteiger partial charge on any atom is -0.480 e. The van der Waals surface area contributed by atoms with Crippen molar-refractivity contribution in [3.63, 3.8) is 0 Å². The second-order valence-corrected chi connectivity index (χ2v) is 9.75. The second-order valence-electron chi connectivity index (χ2n) is 8.76. The zero-order valence-electron chi connectivity index (χ0n) is 20.4. The van der Waals surface area contributed by atoms with Crippen LogP contribution in [0.1, 0.15) is 23.5 Å². The van der Waals surface area contributed by atoms with Gasteiger partial charge in [-0.05, 0) is 54.8 Å². The maximum atomic E-state index is 13.2. The number of amides is 2. The summed E-state index contributed by atoms with van der Waals surface area (Å²) in [4.78, 5) is 40.5. The molecule has 2 amide bonds. The topological polar surface area (TPSA) is 99.2 Å². The summed E-state index contributed by atoms with van der Waals surface area (Å²) >= 11 is 1.55. The van der Waals surface area contributed by atoms with E-state index in [0.717, 1.165) is 22.3 Å². The molecule has 188 valence electrons. The molecule has 0 radical (unpaired) electrons. The van der Waals surface area contributed by atoms with Crippen molar-refractivity contribution in [2.45, 2.75) is 18.4 Å². The maximum absolute atomic E-state index is 13.2. The number of carbonyl (C=O) groups is 3. The fourth-order valence-electron chi connectivity index (χ4n) is 4.25. The Hall–Kier alpha value is -3.04. The highest BCUT2D eigenvalue weighted by Crippen LogP contribution is 2.44. The fourth-order valence-corrected chi connectivity index (χ4v) is 4.72. The van der Waals surface area contributed by atoms with Gasteiger partial charge in [-0.3, -0.25) is 9.59 Å². The Morgan fingerprint density at radius 3 is 2.17 bits per heavy atom. The predicted molar refractivity (Wildman–Crippen MR) is 138 cm³/mol. The van der Waals surface area contributed by atoms with Crippen LogP contribution < -0.4 is 5.32 Å². The molecule has 1 unspecified atom stereocenters. The number of nitrogens with zero attached hydrogens (tertiary/aromatic N) is 2. The van der Waals surface area contributed by atoms with E-state index in [9.17, 15) is 19.5 Å². The monoisotopic (exact) mass is 499 g/mol. The summed E-state index contributed by atoms with van der Waals surface area (Å²) in [5.74, 6) is -0.968. The molecule has 0 aromatic heterocycles. The van der Waals surface area contributed by atoms with Crippen LogP contribution in [-0.2, 0) is 14.3 Å². The lowest BCUT2D eigenvalue weighted by Crippen LogP contribution is -2.51. The molecule has 35 heavy (non-hydrogen) atoms. The summed E-state index contributed by atoms with van der Waals surface area (Å²) in [5.41, 5.74) is 4.48. The van der Waals surface area contributed by atoms with E-state index >= 15 is 0 Å². The zero-order chi connectivity index (χ0) is 25.4. The van der Waals surface area contributed by atoms with Gasteiger partial charge in [0.05, 0.1) is 0 Å². The number of hydrogen-bond donors (Lipinski definition) is 2. The first kappa shape index (κ1) is 26.6. The van der Waals surface area contributed by atoms with Gasteiger partial charge in [-0.2, -0.15) is 11.8 Å². The van der Waals surface area contributed by atoms with E-state index in [1.807, 2.05) is 61.6 Å². The molecule has 2 N–H and O–H groups in total. The lowest BCUT2D eigenvalue weighted by atomic mass is 9.98. The molecule has 0 saturated carbocycles. The number of thioether (sulfide) groups is 1. The van der Waals surface area contributed by atoms with Crippen LogP contribution in [0.15, 0.2) is 48.5 Å². The number of likely N-dealkylation sites (N-methyl/N-ethyl adjacent to an activating group) is 1. The van der Waals surface area contributed by atoms with Gasteiger partial charge in [-0.25, -0.2) is 4.79 Å². The predicted octanol–water partition coefficient (Wildman–Crippen LogP) is 3.12. The van der Waals surface area contributed by atoms with E-state index in [-0.39, 0.29) is 19.1 Å². The molecule has 2 aromatic rings. The van der Waals surface area contributed by atoms with Crippen LogP contribution in [-0.4, -0.2) is 91.3 Å². The van der Waals surface area contributed by atoms with Gasteiger partial charge in [0.2, 0.25) is 5.91 Å². The molecule has 0 bridgehead atoms. The maximum Gasteiger partial charge on any atom is 0.407 e. The highest BCUT2D eigenvalue weighted by molar-refractivity contribution is 7.98. The highest BCUT2D eigenvalue weighted by atomic mass is 32.2. The number of benzene rings is 2. The molecule has 9 heteroatoms. The minimum atomic E-state index is -1.10. The van der Waals surface area contributed by atoms with Crippen molar-refractivity contribution in [1.82, 2.24) is 15.1 Å². The summed E-state index contributed by atoms with van der Waals surface area (Å²) in [5, 5.41) is 12.0. The molecular formula is C26H33N3O5S. The van der Waals surface area contributed by atoms with Gasteiger partial charge < -0.3 is 25.0 Å². The van der Waals surface area contributed by atoms with Crippen molar-refractivity contribution < 1.29 is 24.2 Å². The van der Waals surface area contributed by atoms with Crippen molar-refractivity contribution >= 4 is 29.7 Å². The lowest BCUT2D eigenvalue weighted by molar-refractivity contribution is -0.145. The molecule has 0 fully saturated rings. The number of carboxylic acids is 1. The number of rotatable bonds is 12. The van der Waals surface area contributed by atoms with Crippen LogP contribution in [0.4, 0.5) is 4.79 Å². The largest absolute Gasteiger partial charge is 0.480 e. The molecule has 0 heterocycles. The van der Waals surface area contributed by atoms with Gasteiger partial charge >= 0.3 is 12.1 Å². The molecule has 2 aromatic carbocycles. The number of nitrogens with one attached hydrogen (secondary N) is 1. The van der Waals surface area contributed by atoms with Gasteiger partial charge in [0.25, 0.3) is 0 Å². The quantitative estimate of drug-likeness (QED) is 0.463. The smallest absolute Gasteiger partial charge is 0.407 e. The van der Waals surface area contributed by atoms with Crippen molar-refractivity contribution in [1.29, 1.82) is 0 Å². The fraction of sp³-hybridized carbons (Fsp3) is 0.423. The third-order valence-electron chi connectivity index (χ3n) is 6.00. The summed E-state index contributed by atoms with van der Waals surface area (Å²) in [7, 11) is 3.70. The standard InChI is InChI=1S/C26H33N3O5S/c1-28(2)13-14-29(16-24(30)31)25(32)23(12-15-35-3)27-26(33)34-17-22-20-10-6-4-8-18(20)19-9-5-7-11-21(19)22/h4-11,22-23H,12-17H2,1-3H3,(H,27,33)(H,30,31). The average Bonchev–Trinajstić information content (AvgIpc) is 3.16. The Kier molecular flexibility index (Phi) is 9.56. The van der Waals surface area contributed by atoms with E-state index in [1.165, 1.54) is 4.90 Å². The van der Waals surface area contributed by atoms with Gasteiger partial charge in [-0.15, -0.1) is 0 Å². The van der Waals surface area contributed by atoms with Gasteiger partial charge in [0.1, 0.15) is 19.2 Å². The van der Waals surface area contributed by atoms with E-state index in [1.54, 1.807) is 11.8 Å². The first-order valence-corrected chi connectivity index (χ1v) is 13.0. The third-order valence-corrected chi connectivity index (χ3v) is 6.64. The number of carbonyl (C=O) groups excluding carboxylic acids is 2. The van der Waals surface area contributed by atoms with Gasteiger partial charge in [0.15, 0.2) is 0 Å². The van der Waals surface area contributed by atoms with E-state index < -0.39 is 30.6 Å². The Morgan fingerprint density at radius 1 is 1.03 bits per heavy atom. The average molecular weight is 500 g/mol. The van der Waals surface area contributed by atoms with Gasteiger partial charge in [0, 0.05) is 19.0 Å². The Morgan fingerprint density at radius 2 is 1.63 bits per heavy atom. The lowest BCUT2D eigenvalue weighted by Gasteiger charge is -2.27. The Labute approximate surface area is 210 Å². The summed E-state index contributed by atoms with van der Waals surface area (Å²) in [6.07, 6.45) is 1.60. The van der Waals surface area contributed by atoms with Crippen LogP contribution in [0.25, 0.3) is 11.1 Å². The minimum absolute atomic E-state index is 0.0860. The summed E-state index contributed by atoms with van der Waals surface area (Å²) < 4.78 is 5.61. The molecule has 1 aliphatic rings. The molecular weight excluding hydrogens is 466 g/mol. The summed E-state index contributed by atoms with van der Waals surface area (Å²) in [6.45, 7) is 0.483. The molecule has 1 aliphatic carbocycles. The van der Waals surface area contributed by atoms with Gasteiger partial charge in [-0.1, -0.05) is 48.5 Å². The van der Waals surface area contributed by atoms with Crippen LogP contribution in [0, 0.1) is 0 Å². The van der Waals surface area contributed by atoms with E-state index in [0.29, 0.717) is 18.7 Å². The molecule has 3 rings (SSSR count). The SMILES string of the molecule is CSCCC(NC(=O)OCC1c2ccccc2-c2ccccc21)C(=O)N(CCN(C)C)CC(=O)O. The number of ether oxygens (including phenoxy) is 1. The van der Waals surface area contributed by atoms with E-state index in [4.69, 9.17) is 4.74 Å². The molecule has 0 spiro atoms. The molecule has 0 saturated heterocycles. The number of carboxylic acid groups (broad SMARTS) is 1. The number of hydrogen-bond acceptors (Lipinski definition) is 6. The van der Waals surface area contributed by atoms with Crippen LogP contribution in [0.2, 0.25) is 0 Å². The highest BCUT2D eigenvalue weighted by Gasteiger charge is 2.31. The van der Waals surface area contributed by atoms with E-state index in [2.05, 4.69) is 17.4 Å². The zero-order valence-corrected chi connectivity index (χ0v) is 21.2. The van der Waals surface area contributed by atoms with Crippen molar-refractivity contribution in [2.24, 2.45) is 0 Å². The number of fused-ring (bicyclic) bond motifs is 3. The number of aliphatic carboxylic acids is 1. The van der Waals surface area contributed by atoms with Crippen LogP contribution in [0.5, 0.6) is 0 Å². The summed E-state index contributed by atoms with van der Waals surface area (Å²) in [6, 6.07) is 15.3. The normalized spacial score (nSPS) is 13.1. The molecule has 1 atom stereocenters. The van der Waals surface area contributed by atoms with Crippen LogP contribution >= 0.6 is 11.8 Å². The first-order chi connectivity index (χ1) is 16.8. The first-order valence-electron chi connectivity index (χ1n) is 11.6. The second kappa shape index (κ2) is 12.6. The molecule has 0 aliphatic heterocycles. The molecule has 8 nitrogen and oxygen atoms in total. The Balaban J connectivity index is 1.68. The number of alkyl carbamates (subject to hydrolysis) is 1. The van der Waals surface area contributed by atoms with Crippen molar-refractivity contribution in [2.75, 3.05) is 52.3 Å². The van der Waals surface area contributed by atoms with Crippen LogP contribution in [0.3, 0.4) is 0 Å². The third kappa shape index (κ3) is 6.99. The Bertz CT molecular complexity index is 1000. The van der Waals surface area contributed by atoms with Crippen molar-refractivity contribution in [3.8, 4) is 11.1 Å².